The summed E-state index contributed by atoms with van der Waals surface area (Å²) >= 11 is 2.20. The average Bonchev–Trinajstić information content (AvgIpc) is 3.24. The molecule has 1 aromatic carbocycles. The molecule has 0 N–H and O–H groups in total. The summed E-state index contributed by atoms with van der Waals surface area (Å²) in [5.41, 5.74) is 0.804. The largest absolute Gasteiger partial charge is 0.486 e. The van der Waals surface area contributed by atoms with Crippen LogP contribution in [-0.2, 0) is 0 Å². The zero-order chi connectivity index (χ0) is 16.5. The first-order valence-electron chi connectivity index (χ1n) is 6.79. The molecule has 122 valence electrons. The van der Waals surface area contributed by atoms with Gasteiger partial charge in [0, 0.05) is 6.07 Å². The number of thiazole rings is 1. The predicted molar refractivity (Wildman–Crippen MR) is 85.2 cm³/mol. The Morgan fingerprint density at radius 1 is 1.29 bits per heavy atom. The number of nitrogens with zero attached hydrogens (tertiary/aromatic N) is 5. The van der Waals surface area contributed by atoms with Crippen LogP contribution in [0.5, 0.6) is 11.5 Å². The Kier molecular flexibility index (Phi) is 3.78. The number of fused-ring (bicyclic) bond motifs is 1. The second kappa shape index (κ2) is 6.09. The molecule has 9 nitrogen and oxygen atoms in total. The van der Waals surface area contributed by atoms with E-state index >= 15 is 0 Å². The van der Waals surface area contributed by atoms with E-state index in [2.05, 4.69) is 15.2 Å². The van der Waals surface area contributed by atoms with Crippen molar-refractivity contribution in [3.05, 3.63) is 40.8 Å². The van der Waals surface area contributed by atoms with Gasteiger partial charge in [-0.3, -0.25) is 14.7 Å². The lowest BCUT2D eigenvalue weighted by Crippen LogP contribution is -2.15. The number of nitro groups is 1. The number of hydrogen-bond acceptors (Lipinski definition) is 9. The molecule has 0 spiro atoms. The molecule has 0 saturated carbocycles. The summed E-state index contributed by atoms with van der Waals surface area (Å²) in [6.45, 7) is 1.03. The maximum atomic E-state index is 10.7. The molecule has 0 bridgehead atoms. The third-order valence-electron chi connectivity index (χ3n) is 3.15. The normalized spacial score (nSPS) is 13.0. The van der Waals surface area contributed by atoms with Gasteiger partial charge >= 0.3 is 5.00 Å². The third-order valence-corrected chi connectivity index (χ3v) is 5.14. The summed E-state index contributed by atoms with van der Waals surface area (Å²) in [5, 5.41) is 19.3. The summed E-state index contributed by atoms with van der Waals surface area (Å²) in [6, 6.07) is 5.53. The molecule has 0 radical (unpaired) electrons. The van der Waals surface area contributed by atoms with Crippen molar-refractivity contribution in [2.45, 2.75) is 9.50 Å². The number of hydrogen-bond donors (Lipinski definition) is 0. The minimum atomic E-state index is -0.465. The highest BCUT2D eigenvalue weighted by atomic mass is 32.2. The Bertz CT molecular complexity index is 909. The lowest BCUT2D eigenvalue weighted by molar-refractivity contribution is -0.380. The molecule has 3 aromatic rings. The maximum absolute atomic E-state index is 10.7. The van der Waals surface area contributed by atoms with E-state index in [0.717, 1.165) is 17.0 Å². The molecule has 0 unspecified atom stereocenters. The van der Waals surface area contributed by atoms with Crippen LogP contribution < -0.4 is 9.47 Å². The van der Waals surface area contributed by atoms with Crippen molar-refractivity contribution in [1.82, 2.24) is 19.7 Å². The van der Waals surface area contributed by atoms with E-state index in [1.807, 2.05) is 18.2 Å². The topological polar surface area (TPSA) is 105 Å². The van der Waals surface area contributed by atoms with E-state index in [-0.39, 0.29) is 5.00 Å². The summed E-state index contributed by atoms with van der Waals surface area (Å²) in [5.74, 6) is 1.36. The van der Waals surface area contributed by atoms with Gasteiger partial charge in [-0.2, -0.15) is 0 Å². The van der Waals surface area contributed by atoms with E-state index in [1.165, 1.54) is 18.0 Å². The molecule has 1 aliphatic rings. The van der Waals surface area contributed by atoms with Gasteiger partial charge in [-0.25, -0.2) is 4.98 Å². The standard InChI is InChI=1S/C13H9N5O4S2/c19-18(20)11-6-14-13(23-11)24-12-16-15-7-17(12)8-1-2-9-10(5-8)22-4-3-21-9/h1-2,5-7H,3-4H2. The van der Waals surface area contributed by atoms with Crippen LogP contribution in [-0.4, -0.2) is 37.9 Å². The second-order valence-electron chi connectivity index (χ2n) is 4.64. The minimum Gasteiger partial charge on any atom is -0.486 e. The van der Waals surface area contributed by atoms with Crippen LogP contribution in [0.2, 0.25) is 0 Å². The molecule has 4 rings (SSSR count). The summed E-state index contributed by atoms with van der Waals surface area (Å²) < 4.78 is 13.4. The molecular formula is C13H9N5O4S2. The van der Waals surface area contributed by atoms with Crippen LogP contribution in [0, 0.1) is 10.1 Å². The number of benzene rings is 1. The monoisotopic (exact) mass is 363 g/mol. The smallest absolute Gasteiger partial charge is 0.344 e. The molecular weight excluding hydrogens is 354 g/mol. The van der Waals surface area contributed by atoms with E-state index in [0.29, 0.717) is 34.2 Å². The number of ether oxygens (including phenoxy) is 2. The van der Waals surface area contributed by atoms with Gasteiger partial charge in [0.05, 0.1) is 10.6 Å². The van der Waals surface area contributed by atoms with Crippen molar-refractivity contribution in [3.63, 3.8) is 0 Å². The molecule has 0 amide bonds. The summed E-state index contributed by atoms with van der Waals surface area (Å²) in [6.07, 6.45) is 2.80. The molecule has 24 heavy (non-hydrogen) atoms. The van der Waals surface area contributed by atoms with Gasteiger partial charge in [-0.15, -0.1) is 10.2 Å². The highest BCUT2D eigenvalue weighted by Gasteiger charge is 2.17. The SMILES string of the molecule is O=[N+]([O-])c1cnc(Sc2nncn2-c2ccc3c(c2)OCCO3)s1. The Morgan fingerprint density at radius 2 is 2.12 bits per heavy atom. The summed E-state index contributed by atoms with van der Waals surface area (Å²) in [7, 11) is 0. The van der Waals surface area contributed by atoms with Crippen molar-refractivity contribution < 1.29 is 14.4 Å². The Balaban J connectivity index is 1.63. The predicted octanol–water partition coefficient (Wildman–Crippen LogP) is 2.55. The zero-order valence-electron chi connectivity index (χ0n) is 12.0. The molecule has 0 atom stereocenters. The molecule has 0 aliphatic carbocycles. The number of rotatable bonds is 4. The van der Waals surface area contributed by atoms with Crippen molar-refractivity contribution in [2.24, 2.45) is 0 Å². The van der Waals surface area contributed by atoms with Crippen LogP contribution in [0.3, 0.4) is 0 Å². The van der Waals surface area contributed by atoms with E-state index < -0.39 is 4.92 Å². The maximum Gasteiger partial charge on any atom is 0.344 e. The molecule has 1 aliphatic heterocycles. The minimum absolute atomic E-state index is 0.0112. The molecule has 2 aromatic heterocycles. The highest BCUT2D eigenvalue weighted by Crippen LogP contribution is 2.36. The zero-order valence-corrected chi connectivity index (χ0v) is 13.6. The van der Waals surface area contributed by atoms with E-state index in [1.54, 1.807) is 10.9 Å². The first-order valence-corrected chi connectivity index (χ1v) is 8.42. The van der Waals surface area contributed by atoms with Crippen LogP contribution in [0.4, 0.5) is 5.00 Å². The van der Waals surface area contributed by atoms with Gasteiger partial charge in [0.15, 0.2) is 15.8 Å². The quantitative estimate of drug-likeness (QED) is 0.514. The molecule has 0 fully saturated rings. The molecule has 3 heterocycles. The average molecular weight is 363 g/mol. The lowest BCUT2D eigenvalue weighted by Gasteiger charge is -2.19. The van der Waals surface area contributed by atoms with Crippen LogP contribution in [0.15, 0.2) is 40.2 Å². The fraction of sp³-hybridized carbons (Fsp3) is 0.154. The van der Waals surface area contributed by atoms with Crippen molar-refractivity contribution in [3.8, 4) is 17.2 Å². The molecule has 11 heteroatoms. The Morgan fingerprint density at radius 3 is 2.92 bits per heavy atom. The fourth-order valence-corrected chi connectivity index (χ4v) is 3.82. The van der Waals surface area contributed by atoms with Crippen molar-refractivity contribution in [1.29, 1.82) is 0 Å². The van der Waals surface area contributed by atoms with Gasteiger partial charge in [0.25, 0.3) is 0 Å². The van der Waals surface area contributed by atoms with Gasteiger partial charge in [-0.1, -0.05) is 0 Å². The van der Waals surface area contributed by atoms with Gasteiger partial charge in [0.1, 0.15) is 25.7 Å². The number of aromatic nitrogens is 4. The highest BCUT2D eigenvalue weighted by molar-refractivity contribution is 8.00. The van der Waals surface area contributed by atoms with Crippen molar-refractivity contribution in [2.75, 3.05) is 13.2 Å². The van der Waals surface area contributed by atoms with E-state index in [4.69, 9.17) is 9.47 Å². The Labute approximate surface area is 143 Å². The van der Waals surface area contributed by atoms with Crippen molar-refractivity contribution >= 4 is 28.1 Å². The van der Waals surface area contributed by atoms with Gasteiger partial charge in [0.2, 0.25) is 5.16 Å². The van der Waals surface area contributed by atoms with E-state index in [9.17, 15) is 10.1 Å². The van der Waals surface area contributed by atoms with Gasteiger partial charge in [-0.05, 0) is 35.2 Å². The first kappa shape index (κ1) is 14.9. The Hall–Kier alpha value is -2.66. The van der Waals surface area contributed by atoms with Crippen LogP contribution in [0.1, 0.15) is 0 Å². The van der Waals surface area contributed by atoms with Gasteiger partial charge < -0.3 is 9.47 Å². The second-order valence-corrected chi connectivity index (χ2v) is 6.86. The summed E-state index contributed by atoms with van der Waals surface area (Å²) in [4.78, 5) is 14.3. The first-order chi connectivity index (χ1) is 11.7. The molecule has 0 saturated heterocycles. The third kappa shape index (κ3) is 2.78. The van der Waals surface area contributed by atoms with Crippen LogP contribution in [0.25, 0.3) is 5.69 Å². The van der Waals surface area contributed by atoms with Crippen LogP contribution >= 0.6 is 23.1 Å². The fourth-order valence-electron chi connectivity index (χ4n) is 2.11. The lowest BCUT2D eigenvalue weighted by atomic mass is 10.2.